The summed E-state index contributed by atoms with van der Waals surface area (Å²) in [4.78, 5) is 10.5. The smallest absolute Gasteiger partial charge is 0.241 e. The van der Waals surface area contributed by atoms with Crippen LogP contribution in [0.2, 0.25) is 0 Å². The van der Waals surface area contributed by atoms with Crippen molar-refractivity contribution in [2.45, 2.75) is 24.8 Å². The van der Waals surface area contributed by atoms with Crippen molar-refractivity contribution in [3.63, 3.8) is 0 Å². The SMILES string of the molecule is Cc1ccc(S(=O)(=O)N[C@H](C)C(=O)[O-])cc1. The lowest BCUT2D eigenvalue weighted by atomic mass is 10.2. The van der Waals surface area contributed by atoms with Crippen LogP contribution in [0.5, 0.6) is 0 Å². The Kier molecular flexibility index (Phi) is 3.66. The van der Waals surface area contributed by atoms with Gasteiger partial charge in [0.15, 0.2) is 0 Å². The Hall–Kier alpha value is -1.40. The lowest BCUT2D eigenvalue weighted by Gasteiger charge is -2.14. The fourth-order valence-electron chi connectivity index (χ4n) is 1.07. The normalized spacial score (nSPS) is 13.4. The van der Waals surface area contributed by atoms with E-state index in [1.807, 2.05) is 11.6 Å². The molecule has 0 aliphatic heterocycles. The Bertz CT molecular complexity index is 478. The number of rotatable bonds is 4. The largest absolute Gasteiger partial charge is 0.548 e. The number of aryl methyl sites for hydroxylation is 1. The maximum absolute atomic E-state index is 11.7. The second-order valence-electron chi connectivity index (χ2n) is 3.48. The van der Waals surface area contributed by atoms with E-state index in [9.17, 15) is 18.3 Å². The second-order valence-corrected chi connectivity index (χ2v) is 5.19. The topological polar surface area (TPSA) is 86.3 Å². The van der Waals surface area contributed by atoms with Gasteiger partial charge in [-0.3, -0.25) is 0 Å². The molecule has 0 bridgehead atoms. The molecule has 1 aromatic rings. The average molecular weight is 242 g/mol. The molecular weight excluding hydrogens is 230 g/mol. The van der Waals surface area contributed by atoms with Crippen molar-refractivity contribution in [3.05, 3.63) is 29.8 Å². The predicted octanol–water partition coefficient (Wildman–Crippen LogP) is -0.588. The summed E-state index contributed by atoms with van der Waals surface area (Å²) in [6, 6.07) is 4.85. The molecule has 88 valence electrons. The first-order valence-corrected chi connectivity index (χ1v) is 6.11. The van der Waals surface area contributed by atoms with Crippen LogP contribution >= 0.6 is 0 Å². The van der Waals surface area contributed by atoms with Crippen molar-refractivity contribution in [2.24, 2.45) is 0 Å². The number of sulfonamides is 1. The first kappa shape index (κ1) is 12.7. The minimum absolute atomic E-state index is 0.0335. The minimum atomic E-state index is -3.79. The van der Waals surface area contributed by atoms with Gasteiger partial charge in [0.25, 0.3) is 0 Å². The monoisotopic (exact) mass is 242 g/mol. The third kappa shape index (κ3) is 3.04. The molecule has 0 amide bonds. The molecule has 0 aliphatic carbocycles. The van der Waals surface area contributed by atoms with Gasteiger partial charge in [0.05, 0.1) is 16.9 Å². The number of carbonyl (C=O) groups is 1. The van der Waals surface area contributed by atoms with Crippen LogP contribution < -0.4 is 9.83 Å². The van der Waals surface area contributed by atoms with Crippen LogP contribution in [0, 0.1) is 6.92 Å². The Morgan fingerprint density at radius 3 is 2.25 bits per heavy atom. The molecule has 0 spiro atoms. The second kappa shape index (κ2) is 4.63. The molecular formula is C10H12NO4S-. The molecule has 6 heteroatoms. The van der Waals surface area contributed by atoms with Gasteiger partial charge in [-0.15, -0.1) is 0 Å². The first-order chi connectivity index (χ1) is 7.33. The molecule has 0 radical (unpaired) electrons. The molecule has 0 saturated carbocycles. The zero-order valence-electron chi connectivity index (χ0n) is 8.93. The highest BCUT2D eigenvalue weighted by Crippen LogP contribution is 2.10. The van der Waals surface area contributed by atoms with Crippen molar-refractivity contribution in [1.82, 2.24) is 4.72 Å². The summed E-state index contributed by atoms with van der Waals surface area (Å²) in [5.74, 6) is -1.46. The summed E-state index contributed by atoms with van der Waals surface area (Å²) >= 11 is 0. The standard InChI is InChI=1S/C10H13NO4S/c1-7-3-5-9(6-4-7)16(14,15)11-8(2)10(12)13/h3-6,8,11H,1-2H3,(H,12,13)/p-1/t8-/m1/s1. The highest BCUT2D eigenvalue weighted by atomic mass is 32.2. The van der Waals surface area contributed by atoms with Gasteiger partial charge in [-0.2, -0.15) is 0 Å². The van der Waals surface area contributed by atoms with Crippen LogP contribution in [-0.4, -0.2) is 20.4 Å². The van der Waals surface area contributed by atoms with Crippen molar-refractivity contribution in [3.8, 4) is 0 Å². The van der Waals surface area contributed by atoms with Crippen LogP contribution in [0.3, 0.4) is 0 Å². The van der Waals surface area contributed by atoms with E-state index in [4.69, 9.17) is 0 Å². The van der Waals surface area contributed by atoms with Gasteiger partial charge in [-0.05, 0) is 26.0 Å². The molecule has 0 saturated heterocycles. The van der Waals surface area contributed by atoms with Crippen molar-refractivity contribution >= 4 is 16.0 Å². The summed E-state index contributed by atoms with van der Waals surface area (Å²) in [5.41, 5.74) is 0.923. The van der Waals surface area contributed by atoms with Crippen LogP contribution in [0.4, 0.5) is 0 Å². The number of nitrogens with one attached hydrogen (secondary N) is 1. The van der Waals surface area contributed by atoms with Crippen LogP contribution in [0.15, 0.2) is 29.2 Å². The van der Waals surface area contributed by atoms with E-state index in [0.717, 1.165) is 5.56 Å². The highest BCUT2D eigenvalue weighted by Gasteiger charge is 2.17. The minimum Gasteiger partial charge on any atom is -0.548 e. The van der Waals surface area contributed by atoms with Crippen molar-refractivity contribution in [1.29, 1.82) is 0 Å². The van der Waals surface area contributed by atoms with Crippen LogP contribution in [0.25, 0.3) is 0 Å². The Morgan fingerprint density at radius 2 is 1.81 bits per heavy atom. The first-order valence-electron chi connectivity index (χ1n) is 4.63. The number of hydrogen-bond acceptors (Lipinski definition) is 4. The fourth-order valence-corrected chi connectivity index (χ4v) is 2.26. The van der Waals surface area contributed by atoms with Gasteiger partial charge >= 0.3 is 0 Å². The van der Waals surface area contributed by atoms with Crippen molar-refractivity contribution in [2.75, 3.05) is 0 Å². The maximum Gasteiger partial charge on any atom is 0.241 e. The van der Waals surface area contributed by atoms with E-state index >= 15 is 0 Å². The van der Waals surface area contributed by atoms with Gasteiger partial charge < -0.3 is 9.90 Å². The van der Waals surface area contributed by atoms with E-state index in [1.165, 1.54) is 19.1 Å². The Morgan fingerprint density at radius 1 is 1.31 bits per heavy atom. The van der Waals surface area contributed by atoms with E-state index in [1.54, 1.807) is 12.1 Å². The predicted molar refractivity (Wildman–Crippen MR) is 56.0 cm³/mol. The Balaban J connectivity index is 2.94. The zero-order chi connectivity index (χ0) is 12.3. The molecule has 0 heterocycles. The molecule has 1 rings (SSSR count). The molecule has 0 aromatic heterocycles. The van der Waals surface area contributed by atoms with Crippen molar-refractivity contribution < 1.29 is 18.3 Å². The molecule has 1 N–H and O–H groups in total. The number of hydrogen-bond donors (Lipinski definition) is 1. The molecule has 0 fully saturated rings. The molecule has 1 aromatic carbocycles. The van der Waals surface area contributed by atoms with Gasteiger partial charge in [0, 0.05) is 0 Å². The summed E-state index contributed by atoms with van der Waals surface area (Å²) in [6.45, 7) is 3.04. The zero-order valence-corrected chi connectivity index (χ0v) is 9.74. The number of carboxylic acid groups (broad SMARTS) is 1. The summed E-state index contributed by atoms with van der Waals surface area (Å²) in [5, 5.41) is 10.4. The third-order valence-electron chi connectivity index (χ3n) is 2.02. The summed E-state index contributed by atoms with van der Waals surface area (Å²) in [6.07, 6.45) is 0. The van der Waals surface area contributed by atoms with E-state index in [-0.39, 0.29) is 4.90 Å². The maximum atomic E-state index is 11.7. The average Bonchev–Trinajstić information content (AvgIpc) is 2.17. The number of carbonyl (C=O) groups excluding carboxylic acids is 1. The molecule has 0 aliphatic rings. The van der Waals surface area contributed by atoms with E-state index < -0.39 is 22.0 Å². The summed E-state index contributed by atoms with van der Waals surface area (Å²) in [7, 11) is -3.79. The van der Waals surface area contributed by atoms with Crippen LogP contribution in [0.1, 0.15) is 12.5 Å². The lowest BCUT2D eigenvalue weighted by molar-refractivity contribution is -0.307. The van der Waals surface area contributed by atoms with E-state index in [0.29, 0.717) is 0 Å². The number of aliphatic carboxylic acids is 1. The number of carboxylic acids is 1. The van der Waals surface area contributed by atoms with Gasteiger partial charge in [-0.1, -0.05) is 17.7 Å². The molecule has 0 unspecified atom stereocenters. The van der Waals surface area contributed by atoms with Crippen LogP contribution in [-0.2, 0) is 14.8 Å². The summed E-state index contributed by atoms with van der Waals surface area (Å²) < 4.78 is 25.3. The quantitative estimate of drug-likeness (QED) is 0.764. The van der Waals surface area contributed by atoms with Gasteiger partial charge in [0.2, 0.25) is 10.0 Å². The third-order valence-corrected chi connectivity index (χ3v) is 3.57. The highest BCUT2D eigenvalue weighted by molar-refractivity contribution is 7.89. The molecule has 1 atom stereocenters. The van der Waals surface area contributed by atoms with E-state index in [2.05, 4.69) is 0 Å². The molecule has 16 heavy (non-hydrogen) atoms. The van der Waals surface area contributed by atoms with Gasteiger partial charge in [-0.25, -0.2) is 13.1 Å². The van der Waals surface area contributed by atoms with Gasteiger partial charge in [0.1, 0.15) is 0 Å². The lowest BCUT2D eigenvalue weighted by Crippen LogP contribution is -2.45. The number of benzene rings is 1. The Labute approximate surface area is 94.2 Å². The molecule has 5 nitrogen and oxygen atoms in total. The fraction of sp³-hybridized carbons (Fsp3) is 0.300.